The molecule has 82 valence electrons. The van der Waals surface area contributed by atoms with Crippen molar-refractivity contribution < 1.29 is 14.6 Å². The van der Waals surface area contributed by atoms with Gasteiger partial charge in [0.15, 0.2) is 0 Å². The Labute approximate surface area is 92.5 Å². The monoisotopic (exact) mass is 218 g/mol. The molecule has 1 N–H and O–H groups in total. The van der Waals surface area contributed by atoms with E-state index in [1.807, 2.05) is 6.07 Å². The van der Waals surface area contributed by atoms with Crippen LogP contribution in [0, 0.1) is 11.3 Å². The Kier molecular flexibility index (Phi) is 2.41. The third-order valence-electron chi connectivity index (χ3n) is 2.48. The van der Waals surface area contributed by atoms with Gasteiger partial charge in [-0.2, -0.15) is 5.26 Å². The van der Waals surface area contributed by atoms with Crippen LogP contribution in [0.25, 0.3) is 0 Å². The summed E-state index contributed by atoms with van der Waals surface area (Å²) < 4.78 is 5.31. The average Bonchev–Trinajstić information content (AvgIpc) is 2.28. The summed E-state index contributed by atoms with van der Waals surface area (Å²) in [7, 11) is 1.79. The van der Waals surface area contributed by atoms with E-state index in [9.17, 15) is 4.79 Å². The number of hydrogen-bond donors (Lipinski definition) is 1. The van der Waals surface area contributed by atoms with E-state index in [0.717, 1.165) is 5.69 Å². The zero-order valence-electron chi connectivity index (χ0n) is 8.67. The van der Waals surface area contributed by atoms with Crippen LogP contribution in [0.4, 0.5) is 5.69 Å². The first-order chi connectivity index (χ1) is 7.61. The molecule has 0 spiro atoms. The van der Waals surface area contributed by atoms with Gasteiger partial charge in [-0.05, 0) is 12.1 Å². The lowest BCUT2D eigenvalue weighted by Gasteiger charge is -2.31. The number of anilines is 1. The van der Waals surface area contributed by atoms with Crippen LogP contribution in [0.15, 0.2) is 18.2 Å². The fourth-order valence-electron chi connectivity index (χ4n) is 1.66. The maximum Gasteiger partial charge on any atom is 0.346 e. The summed E-state index contributed by atoms with van der Waals surface area (Å²) >= 11 is 0. The van der Waals surface area contributed by atoms with Crippen molar-refractivity contribution in [2.24, 2.45) is 0 Å². The van der Waals surface area contributed by atoms with Crippen LogP contribution in [-0.4, -0.2) is 30.8 Å². The molecule has 1 heterocycles. The molecule has 1 aliphatic rings. The zero-order valence-corrected chi connectivity index (χ0v) is 8.67. The number of benzene rings is 1. The van der Waals surface area contributed by atoms with E-state index < -0.39 is 12.1 Å². The van der Waals surface area contributed by atoms with Gasteiger partial charge in [-0.3, -0.25) is 0 Å². The van der Waals surface area contributed by atoms with Gasteiger partial charge in [-0.15, -0.1) is 0 Å². The third-order valence-corrected chi connectivity index (χ3v) is 2.48. The number of fused-ring (bicyclic) bond motifs is 1. The molecule has 1 unspecified atom stereocenters. The Bertz CT molecular complexity index is 479. The van der Waals surface area contributed by atoms with E-state index in [2.05, 4.69) is 0 Å². The number of hydrogen-bond acceptors (Lipinski definition) is 4. The molecule has 2 rings (SSSR count). The van der Waals surface area contributed by atoms with E-state index in [1.54, 1.807) is 30.1 Å². The minimum atomic E-state index is -1.00. The number of nitriles is 1. The average molecular weight is 218 g/mol. The van der Waals surface area contributed by atoms with Crippen molar-refractivity contribution in [1.29, 1.82) is 5.26 Å². The van der Waals surface area contributed by atoms with Crippen molar-refractivity contribution in [3.05, 3.63) is 23.8 Å². The summed E-state index contributed by atoms with van der Waals surface area (Å²) in [5, 5.41) is 17.6. The maximum atomic E-state index is 10.8. The van der Waals surface area contributed by atoms with Gasteiger partial charge in [0.05, 0.1) is 23.9 Å². The minimum Gasteiger partial charge on any atom is -0.478 e. The molecule has 0 bridgehead atoms. The van der Waals surface area contributed by atoms with Crippen LogP contribution in [0.2, 0.25) is 0 Å². The Morgan fingerprint density at radius 3 is 3.06 bits per heavy atom. The van der Waals surface area contributed by atoms with Gasteiger partial charge < -0.3 is 14.7 Å². The number of aliphatic carboxylic acids is 1. The second-order valence-electron chi connectivity index (χ2n) is 3.62. The molecule has 1 aromatic rings. The fourth-order valence-corrected chi connectivity index (χ4v) is 1.66. The number of ether oxygens (including phenoxy) is 1. The molecule has 0 amide bonds. The predicted octanol–water partition coefficient (Wildman–Crippen LogP) is 0.840. The molecule has 1 atom stereocenters. The van der Waals surface area contributed by atoms with E-state index >= 15 is 0 Å². The molecule has 0 radical (unpaired) electrons. The fraction of sp³-hybridized carbons (Fsp3) is 0.273. The molecule has 0 aromatic heterocycles. The van der Waals surface area contributed by atoms with Gasteiger partial charge in [-0.25, -0.2) is 4.79 Å². The van der Waals surface area contributed by atoms with Crippen LogP contribution in [0.3, 0.4) is 0 Å². The first-order valence-electron chi connectivity index (χ1n) is 4.76. The maximum absolute atomic E-state index is 10.8. The highest BCUT2D eigenvalue weighted by molar-refractivity contribution is 5.76. The largest absolute Gasteiger partial charge is 0.478 e. The lowest BCUT2D eigenvalue weighted by Crippen LogP contribution is -2.42. The summed E-state index contributed by atoms with van der Waals surface area (Å²) in [6, 6.07) is 6.98. The Balaban J connectivity index is 2.40. The number of nitrogens with zero attached hydrogens (tertiary/aromatic N) is 2. The van der Waals surface area contributed by atoms with Gasteiger partial charge >= 0.3 is 5.97 Å². The summed E-state index contributed by atoms with van der Waals surface area (Å²) in [5.74, 6) is -0.555. The van der Waals surface area contributed by atoms with E-state index in [4.69, 9.17) is 15.1 Å². The van der Waals surface area contributed by atoms with Gasteiger partial charge in [0.2, 0.25) is 6.10 Å². The molecule has 5 heteroatoms. The Hall–Kier alpha value is -2.22. The molecule has 1 aliphatic heterocycles. The standard InChI is InChI=1S/C11H10N2O3/c1-13-6-10(11(14)15)16-9-4-7(5-12)2-3-8(9)13/h2-4,10H,6H2,1H3,(H,14,15). The number of likely N-dealkylation sites (N-methyl/N-ethyl adjacent to an activating group) is 1. The zero-order chi connectivity index (χ0) is 11.7. The van der Waals surface area contributed by atoms with Crippen LogP contribution < -0.4 is 9.64 Å². The van der Waals surface area contributed by atoms with Crippen LogP contribution in [0.5, 0.6) is 5.75 Å². The summed E-state index contributed by atoms with van der Waals surface area (Å²) in [6.07, 6.45) is -0.883. The summed E-state index contributed by atoms with van der Waals surface area (Å²) in [5.41, 5.74) is 1.26. The second kappa shape index (κ2) is 3.74. The van der Waals surface area contributed by atoms with Gasteiger partial charge in [0.25, 0.3) is 0 Å². The van der Waals surface area contributed by atoms with E-state index in [1.165, 1.54) is 0 Å². The Morgan fingerprint density at radius 1 is 1.69 bits per heavy atom. The van der Waals surface area contributed by atoms with Crippen molar-refractivity contribution in [2.45, 2.75) is 6.10 Å². The van der Waals surface area contributed by atoms with Crippen molar-refractivity contribution in [2.75, 3.05) is 18.5 Å². The molecular formula is C11H10N2O3. The number of carboxylic acids is 1. The highest BCUT2D eigenvalue weighted by Crippen LogP contribution is 2.33. The van der Waals surface area contributed by atoms with Crippen LogP contribution in [-0.2, 0) is 4.79 Å². The van der Waals surface area contributed by atoms with Gasteiger partial charge in [-0.1, -0.05) is 0 Å². The van der Waals surface area contributed by atoms with Crippen molar-refractivity contribution >= 4 is 11.7 Å². The highest BCUT2D eigenvalue weighted by atomic mass is 16.5. The molecule has 0 saturated heterocycles. The molecule has 5 nitrogen and oxygen atoms in total. The molecule has 0 saturated carbocycles. The van der Waals surface area contributed by atoms with Crippen LogP contribution in [0.1, 0.15) is 5.56 Å². The number of carbonyl (C=O) groups is 1. The highest BCUT2D eigenvalue weighted by Gasteiger charge is 2.28. The lowest BCUT2D eigenvalue weighted by molar-refractivity contribution is -0.144. The van der Waals surface area contributed by atoms with E-state index in [0.29, 0.717) is 17.9 Å². The first kappa shape index (κ1) is 10.3. The number of rotatable bonds is 1. The van der Waals surface area contributed by atoms with Crippen molar-refractivity contribution in [3.8, 4) is 11.8 Å². The molecule has 0 aliphatic carbocycles. The topological polar surface area (TPSA) is 73.6 Å². The normalized spacial score (nSPS) is 18.2. The summed E-state index contributed by atoms with van der Waals surface area (Å²) in [4.78, 5) is 12.7. The predicted molar refractivity (Wildman–Crippen MR) is 56.5 cm³/mol. The first-order valence-corrected chi connectivity index (χ1v) is 4.76. The quantitative estimate of drug-likeness (QED) is 0.756. The molecular weight excluding hydrogens is 208 g/mol. The molecule has 0 fully saturated rings. The van der Waals surface area contributed by atoms with Crippen LogP contribution >= 0.6 is 0 Å². The smallest absolute Gasteiger partial charge is 0.346 e. The van der Waals surface area contributed by atoms with E-state index in [-0.39, 0.29) is 0 Å². The second-order valence-corrected chi connectivity index (χ2v) is 3.62. The molecule has 16 heavy (non-hydrogen) atoms. The van der Waals surface area contributed by atoms with Gasteiger partial charge in [0.1, 0.15) is 5.75 Å². The molecule has 1 aromatic carbocycles. The SMILES string of the molecule is CN1CC(C(=O)O)Oc2cc(C#N)ccc21. The van der Waals surface area contributed by atoms with Crippen molar-refractivity contribution in [1.82, 2.24) is 0 Å². The minimum absolute atomic E-state index is 0.300. The van der Waals surface area contributed by atoms with Gasteiger partial charge in [0, 0.05) is 13.1 Å². The Morgan fingerprint density at radius 2 is 2.44 bits per heavy atom. The lowest BCUT2D eigenvalue weighted by atomic mass is 10.1. The van der Waals surface area contributed by atoms with Crippen molar-refractivity contribution in [3.63, 3.8) is 0 Å². The summed E-state index contributed by atoms with van der Waals surface area (Å²) in [6.45, 7) is 0.300. The third kappa shape index (κ3) is 1.65. The number of carboxylic acid groups (broad SMARTS) is 1.